The number of carbonyl (C=O) groups is 1. The van der Waals surface area contributed by atoms with E-state index in [0.29, 0.717) is 12.5 Å². The zero-order valence-electron chi connectivity index (χ0n) is 10.2. The molecular formula is C12H24O2. The van der Waals surface area contributed by atoms with Crippen LogP contribution in [0, 0.1) is 11.3 Å². The SMILES string of the molecule is CCOC(=O)C(C)(C)CCC(C)CC. The zero-order chi connectivity index (χ0) is 11.2. The van der Waals surface area contributed by atoms with Crippen LogP contribution in [0.4, 0.5) is 0 Å². The van der Waals surface area contributed by atoms with E-state index < -0.39 is 0 Å². The minimum atomic E-state index is -0.320. The molecule has 84 valence electrons. The smallest absolute Gasteiger partial charge is 0.311 e. The number of hydrogen-bond acceptors (Lipinski definition) is 2. The average Bonchev–Trinajstić information content (AvgIpc) is 2.14. The molecule has 0 aromatic carbocycles. The van der Waals surface area contributed by atoms with Crippen molar-refractivity contribution in [3.63, 3.8) is 0 Å². The van der Waals surface area contributed by atoms with Gasteiger partial charge in [0, 0.05) is 0 Å². The fourth-order valence-electron chi connectivity index (χ4n) is 1.24. The lowest BCUT2D eigenvalue weighted by atomic mass is 9.84. The maximum absolute atomic E-state index is 11.5. The molecule has 0 aliphatic heterocycles. The Morgan fingerprint density at radius 2 is 1.93 bits per heavy atom. The highest BCUT2D eigenvalue weighted by atomic mass is 16.5. The lowest BCUT2D eigenvalue weighted by Gasteiger charge is -2.23. The van der Waals surface area contributed by atoms with Gasteiger partial charge in [-0.2, -0.15) is 0 Å². The molecule has 2 nitrogen and oxygen atoms in total. The van der Waals surface area contributed by atoms with Gasteiger partial charge in [-0.15, -0.1) is 0 Å². The molecule has 2 heteroatoms. The van der Waals surface area contributed by atoms with Crippen LogP contribution in [0.3, 0.4) is 0 Å². The standard InChI is InChI=1S/C12H24O2/c1-6-10(3)8-9-12(4,5)11(13)14-7-2/h10H,6-9H2,1-5H3. The number of esters is 1. The van der Waals surface area contributed by atoms with Crippen molar-refractivity contribution < 1.29 is 9.53 Å². The number of carbonyl (C=O) groups excluding carboxylic acids is 1. The molecule has 0 amide bonds. The van der Waals surface area contributed by atoms with E-state index in [0.717, 1.165) is 12.8 Å². The van der Waals surface area contributed by atoms with Gasteiger partial charge in [0.05, 0.1) is 12.0 Å². The van der Waals surface area contributed by atoms with Crippen molar-refractivity contribution in [2.24, 2.45) is 11.3 Å². The van der Waals surface area contributed by atoms with Crippen molar-refractivity contribution in [2.75, 3.05) is 6.61 Å². The summed E-state index contributed by atoms with van der Waals surface area (Å²) < 4.78 is 5.03. The summed E-state index contributed by atoms with van der Waals surface area (Å²) in [5.74, 6) is 0.631. The van der Waals surface area contributed by atoms with E-state index in [-0.39, 0.29) is 11.4 Å². The third-order valence-electron chi connectivity index (χ3n) is 2.79. The number of rotatable bonds is 6. The maximum Gasteiger partial charge on any atom is 0.311 e. The van der Waals surface area contributed by atoms with Gasteiger partial charge in [-0.05, 0) is 39.5 Å². The normalized spacial score (nSPS) is 13.8. The van der Waals surface area contributed by atoms with Crippen LogP contribution in [-0.2, 0) is 9.53 Å². The van der Waals surface area contributed by atoms with Crippen molar-refractivity contribution in [1.29, 1.82) is 0 Å². The first-order valence-electron chi connectivity index (χ1n) is 5.61. The molecule has 0 aromatic heterocycles. The predicted molar refractivity (Wildman–Crippen MR) is 59.1 cm³/mol. The first-order valence-corrected chi connectivity index (χ1v) is 5.61. The van der Waals surface area contributed by atoms with Crippen molar-refractivity contribution in [1.82, 2.24) is 0 Å². The fraction of sp³-hybridized carbons (Fsp3) is 0.917. The van der Waals surface area contributed by atoms with Gasteiger partial charge in [-0.3, -0.25) is 4.79 Å². The Hall–Kier alpha value is -0.530. The van der Waals surface area contributed by atoms with Crippen LogP contribution in [0.25, 0.3) is 0 Å². The molecule has 0 saturated heterocycles. The average molecular weight is 200 g/mol. The summed E-state index contributed by atoms with van der Waals surface area (Å²) in [4.78, 5) is 11.5. The van der Waals surface area contributed by atoms with Gasteiger partial charge in [-0.25, -0.2) is 0 Å². The molecule has 0 radical (unpaired) electrons. The Morgan fingerprint density at radius 3 is 2.36 bits per heavy atom. The molecule has 0 spiro atoms. The molecule has 0 fully saturated rings. The van der Waals surface area contributed by atoms with Crippen molar-refractivity contribution >= 4 is 5.97 Å². The Kier molecular flexibility index (Phi) is 5.82. The van der Waals surface area contributed by atoms with Crippen LogP contribution in [-0.4, -0.2) is 12.6 Å². The van der Waals surface area contributed by atoms with Gasteiger partial charge < -0.3 is 4.74 Å². The Bertz CT molecular complexity index is 173. The van der Waals surface area contributed by atoms with Gasteiger partial charge in [0.25, 0.3) is 0 Å². The van der Waals surface area contributed by atoms with E-state index >= 15 is 0 Å². The van der Waals surface area contributed by atoms with E-state index in [4.69, 9.17) is 4.74 Å². The van der Waals surface area contributed by atoms with Crippen LogP contribution in [0.5, 0.6) is 0 Å². The summed E-state index contributed by atoms with van der Waals surface area (Å²) in [6.45, 7) is 10.7. The van der Waals surface area contributed by atoms with Gasteiger partial charge >= 0.3 is 5.97 Å². The molecule has 0 heterocycles. The largest absolute Gasteiger partial charge is 0.466 e. The van der Waals surface area contributed by atoms with E-state index in [1.807, 2.05) is 20.8 Å². The molecule has 14 heavy (non-hydrogen) atoms. The van der Waals surface area contributed by atoms with Crippen molar-refractivity contribution in [3.8, 4) is 0 Å². The second-order valence-electron chi connectivity index (χ2n) is 4.66. The molecular weight excluding hydrogens is 176 g/mol. The van der Waals surface area contributed by atoms with E-state index in [1.165, 1.54) is 6.42 Å². The van der Waals surface area contributed by atoms with Crippen LogP contribution >= 0.6 is 0 Å². The third-order valence-corrected chi connectivity index (χ3v) is 2.79. The van der Waals surface area contributed by atoms with Gasteiger partial charge in [0.2, 0.25) is 0 Å². The summed E-state index contributed by atoms with van der Waals surface area (Å²) in [6.07, 6.45) is 3.20. The molecule has 0 saturated carbocycles. The van der Waals surface area contributed by atoms with Crippen LogP contribution in [0.2, 0.25) is 0 Å². The predicted octanol–water partition coefficient (Wildman–Crippen LogP) is 3.40. The highest BCUT2D eigenvalue weighted by Crippen LogP contribution is 2.27. The first-order chi connectivity index (χ1) is 6.44. The minimum absolute atomic E-state index is 0.0664. The number of ether oxygens (including phenoxy) is 1. The van der Waals surface area contributed by atoms with E-state index in [2.05, 4.69) is 13.8 Å². The molecule has 0 rings (SSSR count). The lowest BCUT2D eigenvalue weighted by Crippen LogP contribution is -2.27. The minimum Gasteiger partial charge on any atom is -0.466 e. The second-order valence-corrected chi connectivity index (χ2v) is 4.66. The Balaban J connectivity index is 3.99. The monoisotopic (exact) mass is 200 g/mol. The van der Waals surface area contributed by atoms with Gasteiger partial charge in [-0.1, -0.05) is 20.3 Å². The quantitative estimate of drug-likeness (QED) is 0.614. The fourth-order valence-corrected chi connectivity index (χ4v) is 1.24. The van der Waals surface area contributed by atoms with Crippen LogP contribution < -0.4 is 0 Å². The summed E-state index contributed by atoms with van der Waals surface area (Å²) in [7, 11) is 0. The second kappa shape index (κ2) is 6.05. The molecule has 0 bridgehead atoms. The van der Waals surface area contributed by atoms with Gasteiger partial charge in [0.1, 0.15) is 0 Å². The highest BCUT2D eigenvalue weighted by molar-refractivity contribution is 5.75. The topological polar surface area (TPSA) is 26.3 Å². The summed E-state index contributed by atoms with van der Waals surface area (Å²) in [5.41, 5.74) is -0.320. The van der Waals surface area contributed by atoms with Crippen molar-refractivity contribution in [2.45, 2.75) is 53.9 Å². The van der Waals surface area contributed by atoms with Crippen LogP contribution in [0.15, 0.2) is 0 Å². The number of hydrogen-bond donors (Lipinski definition) is 0. The van der Waals surface area contributed by atoms with E-state index in [1.54, 1.807) is 0 Å². The molecule has 1 atom stereocenters. The summed E-state index contributed by atoms with van der Waals surface area (Å²) in [5, 5.41) is 0. The summed E-state index contributed by atoms with van der Waals surface area (Å²) in [6, 6.07) is 0. The third kappa shape index (κ3) is 4.64. The van der Waals surface area contributed by atoms with E-state index in [9.17, 15) is 4.79 Å². The van der Waals surface area contributed by atoms with Gasteiger partial charge in [0.15, 0.2) is 0 Å². The maximum atomic E-state index is 11.5. The molecule has 0 aliphatic rings. The van der Waals surface area contributed by atoms with Crippen molar-refractivity contribution in [3.05, 3.63) is 0 Å². The molecule has 0 aromatic rings. The zero-order valence-corrected chi connectivity index (χ0v) is 10.2. The molecule has 0 N–H and O–H groups in total. The highest BCUT2D eigenvalue weighted by Gasteiger charge is 2.28. The lowest BCUT2D eigenvalue weighted by molar-refractivity contribution is -0.153. The van der Waals surface area contributed by atoms with Crippen LogP contribution in [0.1, 0.15) is 53.9 Å². The Morgan fingerprint density at radius 1 is 1.36 bits per heavy atom. The first kappa shape index (κ1) is 13.5. The molecule has 0 aliphatic carbocycles. The Labute approximate surface area is 88.0 Å². The molecule has 1 unspecified atom stereocenters. The summed E-state index contributed by atoms with van der Waals surface area (Å²) >= 11 is 0.